The molecule has 0 aliphatic heterocycles. The first-order chi connectivity index (χ1) is 8.75. The number of nitrogens with zero attached hydrogens (tertiary/aromatic N) is 1. The highest BCUT2D eigenvalue weighted by Gasteiger charge is 2.21. The summed E-state index contributed by atoms with van der Waals surface area (Å²) in [5.74, 6) is 1.98. The molecule has 2 aliphatic carbocycles. The molecule has 0 unspecified atom stereocenters. The van der Waals surface area contributed by atoms with E-state index in [4.69, 9.17) is 0 Å². The highest BCUT2D eigenvalue weighted by Crippen LogP contribution is 2.27. The summed E-state index contributed by atoms with van der Waals surface area (Å²) >= 11 is 0. The lowest BCUT2D eigenvalue weighted by molar-refractivity contribution is -0.129. The van der Waals surface area contributed by atoms with Crippen LogP contribution in [0.3, 0.4) is 0 Å². The summed E-state index contributed by atoms with van der Waals surface area (Å²) in [7, 11) is 1.95. The molecular weight excluding hydrogens is 260 g/mol. The molecule has 3 nitrogen and oxygen atoms in total. The van der Waals surface area contributed by atoms with Gasteiger partial charge in [0, 0.05) is 13.6 Å². The van der Waals surface area contributed by atoms with Gasteiger partial charge in [-0.15, -0.1) is 12.4 Å². The molecule has 1 N–H and O–H groups in total. The third kappa shape index (κ3) is 6.62. The lowest BCUT2D eigenvalue weighted by atomic mass is 9.87. The second-order valence-electron chi connectivity index (χ2n) is 6.18. The van der Waals surface area contributed by atoms with Crippen molar-refractivity contribution >= 4 is 18.3 Å². The zero-order chi connectivity index (χ0) is 12.8. The van der Waals surface area contributed by atoms with Crippen molar-refractivity contribution in [3.05, 3.63) is 0 Å². The van der Waals surface area contributed by atoms with Crippen LogP contribution in [0.15, 0.2) is 0 Å². The lowest BCUT2D eigenvalue weighted by Gasteiger charge is -2.24. The van der Waals surface area contributed by atoms with Gasteiger partial charge in [-0.3, -0.25) is 4.79 Å². The Morgan fingerprint density at radius 3 is 2.42 bits per heavy atom. The monoisotopic (exact) mass is 288 g/mol. The summed E-state index contributed by atoms with van der Waals surface area (Å²) in [6.45, 7) is 2.49. The molecule has 0 radical (unpaired) electrons. The van der Waals surface area contributed by atoms with Crippen molar-refractivity contribution in [1.29, 1.82) is 0 Å². The van der Waals surface area contributed by atoms with Gasteiger partial charge in [0.05, 0.1) is 6.54 Å². The van der Waals surface area contributed by atoms with Crippen molar-refractivity contribution in [3.63, 3.8) is 0 Å². The Morgan fingerprint density at radius 1 is 1.11 bits per heavy atom. The van der Waals surface area contributed by atoms with E-state index < -0.39 is 0 Å². The third-order valence-electron chi connectivity index (χ3n) is 4.43. The SMILES string of the molecule is CN(CCC1CCCCC1)C(=O)CNCC1CC1.Cl. The molecule has 4 heteroatoms. The summed E-state index contributed by atoms with van der Waals surface area (Å²) < 4.78 is 0. The van der Waals surface area contributed by atoms with Crippen LogP contribution >= 0.6 is 12.4 Å². The van der Waals surface area contributed by atoms with Crippen LogP contribution in [0.5, 0.6) is 0 Å². The van der Waals surface area contributed by atoms with E-state index in [-0.39, 0.29) is 18.3 Å². The Bertz CT molecular complexity index is 263. The summed E-state index contributed by atoms with van der Waals surface area (Å²) in [6.07, 6.45) is 10.8. The first kappa shape index (κ1) is 16.8. The second kappa shape index (κ2) is 8.80. The molecule has 0 heterocycles. The van der Waals surface area contributed by atoms with Gasteiger partial charge < -0.3 is 10.2 Å². The second-order valence-corrected chi connectivity index (χ2v) is 6.18. The molecule has 2 aliphatic rings. The molecule has 2 saturated carbocycles. The summed E-state index contributed by atoms with van der Waals surface area (Å²) in [5.41, 5.74) is 0. The molecule has 0 atom stereocenters. The Labute approximate surface area is 123 Å². The van der Waals surface area contributed by atoms with Crippen molar-refractivity contribution < 1.29 is 4.79 Å². The van der Waals surface area contributed by atoms with E-state index in [0.29, 0.717) is 6.54 Å². The Kier molecular flexibility index (Phi) is 7.77. The molecule has 0 spiro atoms. The normalized spacial score (nSPS) is 19.8. The van der Waals surface area contributed by atoms with Gasteiger partial charge in [-0.2, -0.15) is 0 Å². The van der Waals surface area contributed by atoms with E-state index in [1.54, 1.807) is 0 Å². The van der Waals surface area contributed by atoms with Crippen molar-refractivity contribution in [1.82, 2.24) is 10.2 Å². The fraction of sp³-hybridized carbons (Fsp3) is 0.933. The van der Waals surface area contributed by atoms with Crippen molar-refractivity contribution in [3.8, 4) is 0 Å². The maximum absolute atomic E-state index is 11.9. The van der Waals surface area contributed by atoms with Crippen LogP contribution in [0.4, 0.5) is 0 Å². The standard InChI is InChI=1S/C15H28N2O.ClH/c1-17(10-9-13-5-3-2-4-6-13)15(18)12-16-11-14-7-8-14;/h13-14,16H,2-12H2,1H3;1H. The Morgan fingerprint density at radius 2 is 1.79 bits per heavy atom. The van der Waals surface area contributed by atoms with E-state index in [1.165, 1.54) is 51.4 Å². The first-order valence-corrected chi connectivity index (χ1v) is 7.70. The quantitative estimate of drug-likeness (QED) is 0.781. The van der Waals surface area contributed by atoms with Crippen LogP contribution in [0.1, 0.15) is 51.4 Å². The van der Waals surface area contributed by atoms with Crippen LogP contribution in [0, 0.1) is 11.8 Å². The number of hydrogen-bond acceptors (Lipinski definition) is 2. The highest BCUT2D eigenvalue weighted by atomic mass is 35.5. The topological polar surface area (TPSA) is 32.3 Å². The van der Waals surface area contributed by atoms with Crippen molar-refractivity contribution in [2.24, 2.45) is 11.8 Å². The van der Waals surface area contributed by atoms with E-state index in [1.807, 2.05) is 11.9 Å². The molecule has 0 aromatic carbocycles. The average Bonchev–Trinajstić information content (AvgIpc) is 3.21. The van der Waals surface area contributed by atoms with Crippen LogP contribution in [-0.2, 0) is 4.79 Å². The van der Waals surface area contributed by atoms with E-state index in [9.17, 15) is 4.79 Å². The number of halogens is 1. The molecule has 2 fully saturated rings. The molecule has 1 amide bonds. The maximum atomic E-state index is 11.9. The highest BCUT2D eigenvalue weighted by molar-refractivity contribution is 5.85. The minimum absolute atomic E-state index is 0. The van der Waals surface area contributed by atoms with Crippen LogP contribution < -0.4 is 5.32 Å². The minimum atomic E-state index is 0. The van der Waals surface area contributed by atoms with Gasteiger partial charge >= 0.3 is 0 Å². The van der Waals surface area contributed by atoms with Gasteiger partial charge in [-0.1, -0.05) is 32.1 Å². The number of rotatable bonds is 7. The van der Waals surface area contributed by atoms with Crippen LogP contribution in [0.25, 0.3) is 0 Å². The molecule has 0 aromatic heterocycles. The molecule has 0 aromatic rings. The molecule has 0 bridgehead atoms. The zero-order valence-corrected chi connectivity index (χ0v) is 13.0. The largest absolute Gasteiger partial charge is 0.345 e. The number of carbonyl (C=O) groups is 1. The van der Waals surface area contributed by atoms with Crippen molar-refractivity contribution in [2.45, 2.75) is 51.4 Å². The fourth-order valence-corrected chi connectivity index (χ4v) is 2.82. The van der Waals surface area contributed by atoms with Crippen LogP contribution in [-0.4, -0.2) is 37.5 Å². The van der Waals surface area contributed by atoms with Gasteiger partial charge in [-0.25, -0.2) is 0 Å². The Hall–Kier alpha value is -0.280. The Balaban J connectivity index is 0.00000180. The molecule has 2 rings (SSSR count). The van der Waals surface area contributed by atoms with E-state index in [2.05, 4.69) is 5.32 Å². The smallest absolute Gasteiger partial charge is 0.236 e. The fourth-order valence-electron chi connectivity index (χ4n) is 2.82. The lowest BCUT2D eigenvalue weighted by Crippen LogP contribution is -2.37. The van der Waals surface area contributed by atoms with Gasteiger partial charge in [0.15, 0.2) is 0 Å². The summed E-state index contributed by atoms with van der Waals surface area (Å²) in [4.78, 5) is 13.8. The predicted octanol–water partition coefficient (Wildman–Crippen LogP) is 2.84. The first-order valence-electron chi connectivity index (χ1n) is 7.70. The van der Waals surface area contributed by atoms with Gasteiger partial charge in [0.2, 0.25) is 5.91 Å². The van der Waals surface area contributed by atoms with Crippen LogP contribution in [0.2, 0.25) is 0 Å². The molecule has 19 heavy (non-hydrogen) atoms. The number of amides is 1. The zero-order valence-electron chi connectivity index (χ0n) is 12.2. The van der Waals surface area contributed by atoms with Gasteiger partial charge in [0.1, 0.15) is 0 Å². The van der Waals surface area contributed by atoms with E-state index in [0.717, 1.165) is 24.9 Å². The minimum Gasteiger partial charge on any atom is -0.345 e. The summed E-state index contributed by atoms with van der Waals surface area (Å²) in [6, 6.07) is 0. The number of nitrogens with one attached hydrogen (secondary N) is 1. The number of hydrogen-bond donors (Lipinski definition) is 1. The van der Waals surface area contributed by atoms with Gasteiger partial charge in [0.25, 0.3) is 0 Å². The van der Waals surface area contributed by atoms with Gasteiger partial charge in [-0.05, 0) is 37.6 Å². The molecule has 112 valence electrons. The third-order valence-corrected chi connectivity index (χ3v) is 4.43. The number of likely N-dealkylation sites (N-methyl/N-ethyl adjacent to an activating group) is 1. The molecule has 0 saturated heterocycles. The molecular formula is C15H29ClN2O. The maximum Gasteiger partial charge on any atom is 0.236 e. The number of carbonyl (C=O) groups excluding carboxylic acids is 1. The summed E-state index contributed by atoms with van der Waals surface area (Å²) in [5, 5.41) is 3.27. The average molecular weight is 289 g/mol. The van der Waals surface area contributed by atoms with Crippen molar-refractivity contribution in [2.75, 3.05) is 26.7 Å². The van der Waals surface area contributed by atoms with E-state index >= 15 is 0 Å². The predicted molar refractivity (Wildman–Crippen MR) is 81.7 cm³/mol.